The molecule has 0 saturated heterocycles. The number of benzene rings is 1. The summed E-state index contributed by atoms with van der Waals surface area (Å²) in [6.45, 7) is 0.739. The van der Waals surface area contributed by atoms with Crippen molar-refractivity contribution in [3.63, 3.8) is 0 Å². The van der Waals surface area contributed by atoms with Crippen LogP contribution in [-0.2, 0) is 6.54 Å². The van der Waals surface area contributed by atoms with Gasteiger partial charge in [0.25, 0.3) is 0 Å². The number of hydrogen-bond acceptors (Lipinski definition) is 5. The third-order valence-corrected chi connectivity index (χ3v) is 4.86. The fraction of sp³-hybridized carbons (Fsp3) is 0.143. The summed E-state index contributed by atoms with van der Waals surface area (Å²) in [6.07, 6.45) is 0. The molecule has 102 valence electrons. The first-order chi connectivity index (χ1) is 9.78. The highest BCUT2D eigenvalue weighted by atomic mass is 79.9. The van der Waals surface area contributed by atoms with Crippen LogP contribution < -0.4 is 10.6 Å². The highest BCUT2D eigenvalue weighted by Gasteiger charge is 2.07. The summed E-state index contributed by atoms with van der Waals surface area (Å²) in [5, 5.41) is 9.48. The molecule has 3 aromatic rings. The summed E-state index contributed by atoms with van der Waals surface area (Å²) >= 11 is 5.26. The number of nitrogens with one attached hydrogen (secondary N) is 2. The van der Waals surface area contributed by atoms with Crippen LogP contribution in [0.3, 0.4) is 0 Å². The summed E-state index contributed by atoms with van der Waals surface area (Å²) in [6, 6.07) is 10.1. The van der Waals surface area contributed by atoms with Crippen molar-refractivity contribution in [2.75, 3.05) is 17.7 Å². The number of anilines is 2. The molecular formula is C14H13BrN4S. The molecule has 0 aliphatic heterocycles. The molecular weight excluding hydrogens is 336 g/mol. The number of hydrogen-bond donors (Lipinski definition) is 2. The van der Waals surface area contributed by atoms with E-state index in [2.05, 4.69) is 48.0 Å². The lowest BCUT2D eigenvalue weighted by Gasteiger charge is -2.10. The maximum atomic E-state index is 4.50. The van der Waals surface area contributed by atoms with Crippen molar-refractivity contribution in [3.8, 4) is 0 Å². The fourth-order valence-electron chi connectivity index (χ4n) is 1.94. The lowest BCUT2D eigenvalue weighted by molar-refractivity contribution is 1.12. The number of nitrogens with zero attached hydrogens (tertiary/aromatic N) is 2. The Labute approximate surface area is 129 Å². The molecule has 0 fully saturated rings. The van der Waals surface area contributed by atoms with Crippen molar-refractivity contribution >= 4 is 49.9 Å². The Morgan fingerprint density at radius 3 is 2.80 bits per heavy atom. The average Bonchev–Trinajstić information content (AvgIpc) is 2.89. The predicted molar refractivity (Wildman–Crippen MR) is 88.4 cm³/mol. The zero-order valence-corrected chi connectivity index (χ0v) is 13.3. The van der Waals surface area contributed by atoms with Gasteiger partial charge in [-0.3, -0.25) is 0 Å². The first-order valence-corrected chi connectivity index (χ1v) is 7.85. The van der Waals surface area contributed by atoms with Gasteiger partial charge < -0.3 is 10.6 Å². The SMILES string of the molecule is CNc1nc(NCc2sccc2Br)c2ccccc2n1. The summed E-state index contributed by atoms with van der Waals surface area (Å²) in [7, 11) is 1.82. The molecule has 6 heteroatoms. The van der Waals surface area contributed by atoms with E-state index in [1.54, 1.807) is 11.3 Å². The van der Waals surface area contributed by atoms with Gasteiger partial charge in [-0.05, 0) is 39.5 Å². The molecule has 2 aromatic heterocycles. The number of aromatic nitrogens is 2. The van der Waals surface area contributed by atoms with E-state index >= 15 is 0 Å². The largest absolute Gasteiger partial charge is 0.364 e. The Hall–Kier alpha value is -1.66. The van der Waals surface area contributed by atoms with Crippen molar-refractivity contribution in [2.45, 2.75) is 6.54 Å². The Morgan fingerprint density at radius 1 is 1.20 bits per heavy atom. The van der Waals surface area contributed by atoms with Gasteiger partial charge >= 0.3 is 0 Å². The zero-order chi connectivity index (χ0) is 13.9. The van der Waals surface area contributed by atoms with Gasteiger partial charge in [-0.15, -0.1) is 11.3 Å². The summed E-state index contributed by atoms with van der Waals surface area (Å²) in [5.41, 5.74) is 0.930. The molecule has 0 bridgehead atoms. The third kappa shape index (κ3) is 2.62. The van der Waals surface area contributed by atoms with Crippen molar-refractivity contribution in [2.24, 2.45) is 0 Å². The minimum atomic E-state index is 0.622. The molecule has 1 aromatic carbocycles. The van der Waals surface area contributed by atoms with Gasteiger partial charge in [0.1, 0.15) is 5.82 Å². The fourth-order valence-corrected chi connectivity index (χ4v) is 3.37. The van der Waals surface area contributed by atoms with E-state index in [0.717, 1.165) is 27.7 Å². The first-order valence-electron chi connectivity index (χ1n) is 6.18. The maximum absolute atomic E-state index is 4.50. The van der Waals surface area contributed by atoms with Crippen LogP contribution in [0.1, 0.15) is 4.88 Å². The molecule has 0 atom stereocenters. The Bertz CT molecular complexity index is 741. The summed E-state index contributed by atoms with van der Waals surface area (Å²) < 4.78 is 1.13. The van der Waals surface area contributed by atoms with Crippen LogP contribution in [0, 0.1) is 0 Å². The molecule has 0 aliphatic rings. The molecule has 0 saturated carbocycles. The van der Waals surface area contributed by atoms with Crippen LogP contribution in [0.2, 0.25) is 0 Å². The third-order valence-electron chi connectivity index (χ3n) is 2.93. The smallest absolute Gasteiger partial charge is 0.224 e. The lowest BCUT2D eigenvalue weighted by Crippen LogP contribution is -2.05. The minimum absolute atomic E-state index is 0.622. The van der Waals surface area contributed by atoms with Crippen molar-refractivity contribution in [3.05, 3.63) is 45.1 Å². The van der Waals surface area contributed by atoms with E-state index in [9.17, 15) is 0 Å². The van der Waals surface area contributed by atoms with E-state index in [0.29, 0.717) is 5.95 Å². The van der Waals surface area contributed by atoms with Crippen LogP contribution in [0.5, 0.6) is 0 Å². The molecule has 0 unspecified atom stereocenters. The Kier molecular flexibility index (Phi) is 3.84. The minimum Gasteiger partial charge on any atom is -0.364 e. The van der Waals surface area contributed by atoms with Crippen molar-refractivity contribution in [1.82, 2.24) is 9.97 Å². The maximum Gasteiger partial charge on any atom is 0.224 e. The van der Waals surface area contributed by atoms with Crippen molar-refractivity contribution < 1.29 is 0 Å². The van der Waals surface area contributed by atoms with Crippen LogP contribution in [0.15, 0.2) is 40.2 Å². The van der Waals surface area contributed by atoms with E-state index < -0.39 is 0 Å². The number of halogens is 1. The van der Waals surface area contributed by atoms with Gasteiger partial charge in [0.2, 0.25) is 5.95 Å². The predicted octanol–water partition coefficient (Wildman–Crippen LogP) is 4.11. The molecule has 3 rings (SSSR count). The van der Waals surface area contributed by atoms with Gasteiger partial charge in [0.15, 0.2) is 0 Å². The highest BCUT2D eigenvalue weighted by Crippen LogP contribution is 2.26. The Balaban J connectivity index is 1.95. The number of fused-ring (bicyclic) bond motifs is 1. The first kappa shape index (κ1) is 13.3. The zero-order valence-electron chi connectivity index (χ0n) is 10.9. The van der Waals surface area contributed by atoms with Gasteiger partial charge in [-0.25, -0.2) is 4.98 Å². The van der Waals surface area contributed by atoms with Crippen LogP contribution in [0.25, 0.3) is 10.9 Å². The normalized spacial score (nSPS) is 10.7. The van der Waals surface area contributed by atoms with Gasteiger partial charge in [0, 0.05) is 21.8 Å². The van der Waals surface area contributed by atoms with E-state index in [1.165, 1.54) is 4.88 Å². The van der Waals surface area contributed by atoms with E-state index in [-0.39, 0.29) is 0 Å². The average molecular weight is 349 g/mol. The second-order valence-corrected chi connectivity index (χ2v) is 6.06. The molecule has 0 radical (unpaired) electrons. The summed E-state index contributed by atoms with van der Waals surface area (Å²) in [5.74, 6) is 1.47. The standard InChI is InChI=1S/C14H13BrN4S/c1-16-14-18-11-5-3-2-4-9(11)13(19-14)17-8-12-10(15)6-7-20-12/h2-7H,8H2,1H3,(H2,16,17,18,19). The monoisotopic (exact) mass is 348 g/mol. The molecule has 20 heavy (non-hydrogen) atoms. The highest BCUT2D eigenvalue weighted by molar-refractivity contribution is 9.10. The second kappa shape index (κ2) is 5.76. The number of para-hydroxylation sites is 1. The molecule has 2 N–H and O–H groups in total. The molecule has 4 nitrogen and oxygen atoms in total. The topological polar surface area (TPSA) is 49.8 Å². The molecule has 0 amide bonds. The molecule has 0 aliphatic carbocycles. The second-order valence-electron chi connectivity index (χ2n) is 4.21. The van der Waals surface area contributed by atoms with Crippen molar-refractivity contribution in [1.29, 1.82) is 0 Å². The lowest BCUT2D eigenvalue weighted by atomic mass is 10.2. The van der Waals surface area contributed by atoms with Gasteiger partial charge in [-0.1, -0.05) is 12.1 Å². The van der Waals surface area contributed by atoms with E-state index in [1.807, 2.05) is 31.3 Å². The molecule has 2 heterocycles. The number of thiophene rings is 1. The molecule has 0 spiro atoms. The summed E-state index contributed by atoms with van der Waals surface area (Å²) in [4.78, 5) is 10.2. The van der Waals surface area contributed by atoms with Gasteiger partial charge in [-0.2, -0.15) is 4.98 Å². The van der Waals surface area contributed by atoms with Crippen LogP contribution in [0.4, 0.5) is 11.8 Å². The van der Waals surface area contributed by atoms with Gasteiger partial charge in [0.05, 0.1) is 12.1 Å². The quantitative estimate of drug-likeness (QED) is 0.744. The van der Waals surface area contributed by atoms with E-state index in [4.69, 9.17) is 0 Å². The Morgan fingerprint density at radius 2 is 2.05 bits per heavy atom. The van der Waals surface area contributed by atoms with Crippen LogP contribution in [-0.4, -0.2) is 17.0 Å². The van der Waals surface area contributed by atoms with Crippen LogP contribution >= 0.6 is 27.3 Å². The number of rotatable bonds is 4.